The number of carbonyl (C=O) groups excluding carboxylic acids is 3. The second-order valence-corrected chi connectivity index (χ2v) is 16.2. The molecule has 4 fully saturated rings. The number of fused-ring (bicyclic) bond motifs is 2. The topological polar surface area (TPSA) is 179 Å². The maximum atomic E-state index is 12.5. The summed E-state index contributed by atoms with van der Waals surface area (Å²) < 4.78 is 9.15. The summed E-state index contributed by atoms with van der Waals surface area (Å²) >= 11 is 0. The van der Waals surface area contributed by atoms with Crippen LogP contribution in [0.5, 0.6) is 5.75 Å². The predicted octanol–water partition coefficient (Wildman–Crippen LogP) is 6.34. The fraction of sp³-hybridized carbons (Fsp3) is 0.455. The quantitative estimate of drug-likeness (QED) is 0.0978. The van der Waals surface area contributed by atoms with Crippen LogP contribution in [0.1, 0.15) is 86.2 Å². The van der Waals surface area contributed by atoms with E-state index in [0.29, 0.717) is 47.5 Å². The van der Waals surface area contributed by atoms with Crippen molar-refractivity contribution >= 4 is 57.8 Å². The molecule has 2 aromatic carbocycles. The van der Waals surface area contributed by atoms with Crippen molar-refractivity contribution in [2.75, 3.05) is 62.3 Å². The van der Waals surface area contributed by atoms with Gasteiger partial charge in [0.2, 0.25) is 5.91 Å². The maximum Gasteiger partial charge on any atom is 0.328 e. The lowest BCUT2D eigenvalue weighted by Crippen LogP contribution is -2.52. The van der Waals surface area contributed by atoms with Gasteiger partial charge < -0.3 is 30.7 Å². The van der Waals surface area contributed by atoms with Crippen molar-refractivity contribution in [1.82, 2.24) is 34.3 Å². The monoisotopic (exact) mass is 801 g/mol. The normalized spacial score (nSPS) is 20.9. The van der Waals surface area contributed by atoms with Crippen LogP contribution in [0.2, 0.25) is 0 Å². The van der Waals surface area contributed by atoms with E-state index in [-0.39, 0.29) is 17.5 Å². The molecule has 5 aromatic rings. The molecular weight excluding hydrogens is 747 g/mol. The van der Waals surface area contributed by atoms with E-state index in [0.717, 1.165) is 29.2 Å². The number of methoxy groups -OCH3 is 1. The highest BCUT2D eigenvalue weighted by Crippen LogP contribution is 2.37. The van der Waals surface area contributed by atoms with Gasteiger partial charge in [-0.3, -0.25) is 24.7 Å². The van der Waals surface area contributed by atoms with E-state index in [1.54, 1.807) is 23.2 Å². The van der Waals surface area contributed by atoms with Crippen LogP contribution >= 0.6 is 0 Å². The molecule has 0 atom stereocenters. The number of carbonyl (C=O) groups is 3. The van der Waals surface area contributed by atoms with Crippen molar-refractivity contribution < 1.29 is 19.1 Å². The first kappa shape index (κ1) is 40.0. The highest BCUT2D eigenvalue weighted by Gasteiger charge is 2.31. The molecule has 5 N–H and O–H groups in total. The number of ether oxygens (including phenoxy) is 1. The van der Waals surface area contributed by atoms with E-state index in [1.165, 1.54) is 126 Å². The largest absolute Gasteiger partial charge is 0.496 e. The van der Waals surface area contributed by atoms with E-state index in [1.807, 2.05) is 12.1 Å². The van der Waals surface area contributed by atoms with Crippen LogP contribution in [0.4, 0.5) is 22.0 Å². The zero-order chi connectivity index (χ0) is 40.9. The molecule has 0 spiro atoms. The van der Waals surface area contributed by atoms with Gasteiger partial charge in [0.25, 0.3) is 5.91 Å². The molecule has 0 bridgehead atoms. The summed E-state index contributed by atoms with van der Waals surface area (Å²) in [5, 5.41) is 17.8. The van der Waals surface area contributed by atoms with Crippen LogP contribution in [-0.4, -0.2) is 105 Å². The van der Waals surface area contributed by atoms with Crippen LogP contribution < -0.4 is 26.0 Å². The van der Waals surface area contributed by atoms with Crippen molar-refractivity contribution in [3.05, 3.63) is 78.2 Å². The van der Waals surface area contributed by atoms with E-state index in [2.05, 4.69) is 53.4 Å². The third kappa shape index (κ3) is 8.81. The first-order chi connectivity index (χ1) is 28.8. The molecule has 310 valence electrons. The number of nitrogen functional groups attached to an aromatic ring is 1. The molecule has 2 saturated carbocycles. The first-order valence-corrected chi connectivity index (χ1v) is 21.0. The minimum atomic E-state index is -0.405. The lowest BCUT2D eigenvalue weighted by Gasteiger charge is -2.43. The average Bonchev–Trinajstić information content (AvgIpc) is 3.89. The number of imidazole rings is 1. The fourth-order valence-electron chi connectivity index (χ4n) is 9.45. The van der Waals surface area contributed by atoms with Crippen LogP contribution in [0.25, 0.3) is 16.6 Å². The Balaban J connectivity index is 0.000000182. The van der Waals surface area contributed by atoms with Crippen molar-refractivity contribution in [2.24, 2.45) is 5.92 Å². The number of urea groups is 1. The summed E-state index contributed by atoms with van der Waals surface area (Å²) in [6, 6.07) is 15.8. The second-order valence-electron chi connectivity index (χ2n) is 16.2. The van der Waals surface area contributed by atoms with Crippen LogP contribution in [-0.2, 0) is 4.79 Å². The Morgan fingerprint density at radius 3 is 2.49 bits per heavy atom. The number of hydrogen-bond donors (Lipinski definition) is 4. The average molecular weight is 802 g/mol. The van der Waals surface area contributed by atoms with Gasteiger partial charge in [0.05, 0.1) is 30.1 Å². The van der Waals surface area contributed by atoms with Gasteiger partial charge in [-0.15, -0.1) is 0 Å². The number of benzene rings is 2. The van der Waals surface area contributed by atoms with Crippen LogP contribution in [0.3, 0.4) is 0 Å². The van der Waals surface area contributed by atoms with E-state index < -0.39 is 5.91 Å². The van der Waals surface area contributed by atoms with Crippen molar-refractivity contribution in [2.45, 2.75) is 76.3 Å². The molecular formula is C44H55N11O4. The minimum absolute atomic E-state index is 0.191. The number of rotatable bonds is 9. The number of nitrogens with one attached hydrogen (secondary N) is 3. The molecule has 4 aliphatic rings. The Kier molecular flexibility index (Phi) is 12.2. The van der Waals surface area contributed by atoms with Gasteiger partial charge in [-0.2, -0.15) is 9.61 Å². The lowest BCUT2D eigenvalue weighted by atomic mass is 9.88. The molecule has 15 heteroatoms. The highest BCUT2D eigenvalue weighted by molar-refractivity contribution is 6.10. The van der Waals surface area contributed by atoms with Crippen molar-refractivity contribution in [3.63, 3.8) is 0 Å². The van der Waals surface area contributed by atoms with Gasteiger partial charge in [0, 0.05) is 99.1 Å². The Bertz CT molecular complexity index is 2300. The second kappa shape index (κ2) is 18.0. The number of anilines is 3. The lowest BCUT2D eigenvalue weighted by molar-refractivity contribution is -0.120. The predicted molar refractivity (Wildman–Crippen MR) is 230 cm³/mol. The molecule has 9 rings (SSSR count). The summed E-state index contributed by atoms with van der Waals surface area (Å²) in [5.41, 5.74) is 9.58. The van der Waals surface area contributed by atoms with Gasteiger partial charge in [-0.1, -0.05) is 25.3 Å². The number of nitrogens with zero attached hydrogens (tertiary/aromatic N) is 7. The molecule has 0 unspecified atom stereocenters. The van der Waals surface area contributed by atoms with E-state index in [4.69, 9.17) is 15.9 Å². The van der Waals surface area contributed by atoms with Gasteiger partial charge in [-0.25, -0.2) is 9.78 Å². The van der Waals surface area contributed by atoms with Crippen LogP contribution in [0, 0.1) is 11.3 Å². The van der Waals surface area contributed by atoms with Gasteiger partial charge >= 0.3 is 6.03 Å². The Morgan fingerprint density at radius 1 is 0.966 bits per heavy atom. The number of piperazine rings is 1. The Morgan fingerprint density at radius 2 is 1.75 bits per heavy atom. The minimum Gasteiger partial charge on any atom is -0.496 e. The Hall–Kier alpha value is -5.80. The Labute approximate surface area is 344 Å². The first-order valence-electron chi connectivity index (χ1n) is 21.0. The molecule has 2 aliphatic heterocycles. The zero-order valence-electron chi connectivity index (χ0n) is 33.8. The summed E-state index contributed by atoms with van der Waals surface area (Å²) in [5.74, 6) is 1.11. The van der Waals surface area contributed by atoms with Crippen molar-refractivity contribution in [1.29, 1.82) is 5.41 Å². The summed E-state index contributed by atoms with van der Waals surface area (Å²) in [7, 11) is 1.45. The highest BCUT2D eigenvalue weighted by atomic mass is 16.5. The summed E-state index contributed by atoms with van der Waals surface area (Å²) in [4.78, 5) is 47.9. The number of nitrogens with two attached hydrogens (primary N) is 1. The number of imide groups is 1. The molecule has 59 heavy (non-hydrogen) atoms. The third-order valence-electron chi connectivity index (χ3n) is 12.6. The van der Waals surface area contributed by atoms with Gasteiger partial charge in [0.1, 0.15) is 5.75 Å². The van der Waals surface area contributed by atoms with Crippen LogP contribution in [0.15, 0.2) is 67.1 Å². The number of amides is 4. The van der Waals surface area contributed by atoms with E-state index in [9.17, 15) is 14.4 Å². The number of aromatic nitrogens is 4. The summed E-state index contributed by atoms with van der Waals surface area (Å²) in [6.07, 6.45) is 18.9. The molecule has 2 saturated heterocycles. The third-order valence-corrected chi connectivity index (χ3v) is 12.6. The zero-order valence-corrected chi connectivity index (χ0v) is 33.8. The maximum absolute atomic E-state index is 12.5. The molecule has 15 nitrogen and oxygen atoms in total. The fourth-order valence-corrected chi connectivity index (χ4v) is 9.45. The molecule has 4 amide bonds. The van der Waals surface area contributed by atoms with Gasteiger partial charge in [-0.05, 0) is 80.8 Å². The molecule has 0 radical (unpaired) electrons. The summed E-state index contributed by atoms with van der Waals surface area (Å²) in [6.45, 7) is 6.73. The SMILES string of the molecule is COc1cc(N)c(C=N)cc1C(=O)Nc1cnc2cccnn12.O=C1CCN(c2cccc3c2ccn3C2CCC(N3CCN(CC4CCCCC4)CC3)CC2)C(=O)N1. The molecule has 5 heterocycles. The molecule has 2 aliphatic carbocycles. The van der Waals surface area contributed by atoms with E-state index >= 15 is 0 Å². The smallest absolute Gasteiger partial charge is 0.328 e. The number of hydrogen-bond acceptors (Lipinski definition) is 10. The van der Waals surface area contributed by atoms with Crippen molar-refractivity contribution in [3.8, 4) is 5.75 Å². The standard InChI is InChI=1S/C29H41N5O2.C15H14N6O2/c35-28-14-16-34(29(36)30-28)27-8-4-7-26-25(27)13-15-33(26)24-11-9-23(10-12-24)32-19-17-31(18-20-32)21-22-5-2-1-3-6-22;1-23-12-6-11(17)9(7-16)5-10(12)15(22)20-14-8-18-13-3-2-4-19-21(13)14/h4,7-8,13,15,22-24H,1-3,5-6,9-12,14,16-21H2,(H,30,35,36);2-8,16H,17H2,1H3,(H,20,22). The van der Waals surface area contributed by atoms with Gasteiger partial charge in [0.15, 0.2) is 11.5 Å². The molecule has 3 aromatic heterocycles.